The number of aromatic nitrogens is 2. The molecule has 0 saturated heterocycles. The average Bonchev–Trinajstić information content (AvgIpc) is 2.71. The third-order valence-corrected chi connectivity index (χ3v) is 3.82. The second kappa shape index (κ2) is 4.30. The Bertz CT molecular complexity index is 739. The van der Waals surface area contributed by atoms with Crippen LogP contribution in [0, 0.1) is 12.7 Å². The van der Waals surface area contributed by atoms with E-state index in [1.165, 1.54) is 17.4 Å². The predicted octanol–water partition coefficient (Wildman–Crippen LogP) is 4.46. The number of aryl methyl sites for hydroxylation is 1. The first-order valence-corrected chi connectivity index (χ1v) is 6.53. The summed E-state index contributed by atoms with van der Waals surface area (Å²) in [5.74, 6) is -0.0198. The van der Waals surface area contributed by atoms with Crippen LogP contribution >= 0.6 is 22.9 Å². The zero-order chi connectivity index (χ0) is 12.7. The number of thiophene rings is 1. The topological polar surface area (TPSA) is 25.8 Å². The number of hydrogen-bond acceptors (Lipinski definition) is 3. The molecule has 3 aromatic rings. The van der Waals surface area contributed by atoms with E-state index in [1.807, 2.05) is 13.0 Å². The van der Waals surface area contributed by atoms with Crippen molar-refractivity contribution in [1.82, 2.24) is 9.97 Å². The number of nitrogens with zero attached hydrogens (tertiary/aromatic N) is 2. The molecule has 5 heteroatoms. The number of fused-ring (bicyclic) bond motifs is 1. The van der Waals surface area contributed by atoms with Gasteiger partial charge in [-0.15, -0.1) is 11.3 Å². The Morgan fingerprint density at radius 1 is 1.22 bits per heavy atom. The van der Waals surface area contributed by atoms with Gasteiger partial charge in [0.15, 0.2) is 5.82 Å². The maximum Gasteiger partial charge on any atom is 0.165 e. The fourth-order valence-corrected chi connectivity index (χ4v) is 2.93. The van der Waals surface area contributed by atoms with Crippen LogP contribution in [-0.4, -0.2) is 9.97 Å². The highest BCUT2D eigenvalue weighted by atomic mass is 35.5. The summed E-state index contributed by atoms with van der Waals surface area (Å²) < 4.78 is 13.7. The van der Waals surface area contributed by atoms with E-state index < -0.39 is 0 Å². The van der Waals surface area contributed by atoms with Gasteiger partial charge in [-0.25, -0.2) is 14.4 Å². The van der Waals surface area contributed by atoms with Crippen LogP contribution in [0.3, 0.4) is 0 Å². The molecule has 2 heterocycles. The normalized spacial score (nSPS) is 11.1. The van der Waals surface area contributed by atoms with E-state index in [0.29, 0.717) is 16.5 Å². The van der Waals surface area contributed by atoms with Crippen LogP contribution in [0.15, 0.2) is 30.3 Å². The minimum Gasteiger partial charge on any atom is -0.217 e. The fraction of sp³-hybridized carbons (Fsp3) is 0.0769. The summed E-state index contributed by atoms with van der Waals surface area (Å²) >= 11 is 7.63. The molecular weight excluding hydrogens is 271 g/mol. The Kier molecular flexibility index (Phi) is 2.76. The molecular formula is C13H8ClFN2S. The van der Waals surface area contributed by atoms with Crippen molar-refractivity contribution in [3.05, 3.63) is 46.2 Å². The minimum atomic E-state index is -0.346. The van der Waals surface area contributed by atoms with Gasteiger partial charge in [0.25, 0.3) is 0 Å². The average molecular weight is 279 g/mol. The van der Waals surface area contributed by atoms with Crippen molar-refractivity contribution in [3.8, 4) is 11.4 Å². The summed E-state index contributed by atoms with van der Waals surface area (Å²) in [6.45, 7) is 1.98. The van der Waals surface area contributed by atoms with Gasteiger partial charge in [0, 0.05) is 10.3 Å². The van der Waals surface area contributed by atoms with Crippen LogP contribution in [-0.2, 0) is 0 Å². The van der Waals surface area contributed by atoms with E-state index in [0.717, 1.165) is 15.1 Å². The standard InChI is InChI=1S/C13H8ClFN2S/c1-7-6-9-11(14)16-12(17-13(9)18-7)8-4-2-3-5-10(8)15/h2-6H,1H3. The fourth-order valence-electron chi connectivity index (χ4n) is 1.77. The second-order valence-corrected chi connectivity index (χ2v) is 5.49. The Morgan fingerprint density at radius 3 is 2.78 bits per heavy atom. The van der Waals surface area contributed by atoms with E-state index in [2.05, 4.69) is 9.97 Å². The lowest BCUT2D eigenvalue weighted by atomic mass is 10.2. The molecule has 0 bridgehead atoms. The zero-order valence-corrected chi connectivity index (χ0v) is 11.0. The van der Waals surface area contributed by atoms with Crippen molar-refractivity contribution < 1.29 is 4.39 Å². The van der Waals surface area contributed by atoms with Crippen LogP contribution < -0.4 is 0 Å². The van der Waals surface area contributed by atoms with Crippen molar-refractivity contribution in [2.75, 3.05) is 0 Å². The van der Waals surface area contributed by atoms with Crippen LogP contribution in [0.4, 0.5) is 4.39 Å². The first-order chi connectivity index (χ1) is 8.65. The van der Waals surface area contributed by atoms with Gasteiger partial charge in [-0.2, -0.15) is 0 Å². The van der Waals surface area contributed by atoms with E-state index in [-0.39, 0.29) is 5.82 Å². The van der Waals surface area contributed by atoms with Gasteiger partial charge < -0.3 is 0 Å². The van der Waals surface area contributed by atoms with Crippen molar-refractivity contribution >= 4 is 33.2 Å². The van der Waals surface area contributed by atoms with Gasteiger partial charge >= 0.3 is 0 Å². The zero-order valence-electron chi connectivity index (χ0n) is 9.45. The summed E-state index contributed by atoms with van der Waals surface area (Å²) in [6.07, 6.45) is 0. The first kappa shape index (κ1) is 11.6. The van der Waals surface area contributed by atoms with Crippen LogP contribution in [0.5, 0.6) is 0 Å². The summed E-state index contributed by atoms with van der Waals surface area (Å²) in [6, 6.07) is 8.35. The first-order valence-electron chi connectivity index (χ1n) is 5.34. The summed E-state index contributed by atoms with van der Waals surface area (Å²) in [5.41, 5.74) is 0.368. The summed E-state index contributed by atoms with van der Waals surface area (Å²) in [4.78, 5) is 10.4. The van der Waals surface area contributed by atoms with E-state index >= 15 is 0 Å². The predicted molar refractivity (Wildman–Crippen MR) is 72.6 cm³/mol. The molecule has 0 aliphatic rings. The Labute approximate surface area is 112 Å². The quantitative estimate of drug-likeness (QED) is 0.614. The number of hydrogen-bond donors (Lipinski definition) is 0. The van der Waals surface area contributed by atoms with Gasteiger partial charge in [0.1, 0.15) is 15.8 Å². The van der Waals surface area contributed by atoms with Crippen molar-refractivity contribution in [1.29, 1.82) is 0 Å². The molecule has 1 aromatic carbocycles. The molecule has 0 saturated carbocycles. The molecule has 0 unspecified atom stereocenters. The van der Waals surface area contributed by atoms with Crippen LogP contribution in [0.25, 0.3) is 21.6 Å². The highest BCUT2D eigenvalue weighted by molar-refractivity contribution is 7.18. The molecule has 2 aromatic heterocycles. The number of rotatable bonds is 1. The SMILES string of the molecule is Cc1cc2c(Cl)nc(-c3ccccc3F)nc2s1. The van der Waals surface area contributed by atoms with Crippen molar-refractivity contribution in [3.63, 3.8) is 0 Å². The molecule has 18 heavy (non-hydrogen) atoms. The third-order valence-electron chi connectivity index (χ3n) is 2.58. The smallest absolute Gasteiger partial charge is 0.165 e. The Balaban J connectivity index is 2.28. The highest BCUT2D eigenvalue weighted by Crippen LogP contribution is 2.31. The van der Waals surface area contributed by atoms with Crippen molar-refractivity contribution in [2.45, 2.75) is 6.92 Å². The van der Waals surface area contributed by atoms with Gasteiger partial charge in [0.2, 0.25) is 0 Å². The lowest BCUT2D eigenvalue weighted by molar-refractivity contribution is 0.630. The van der Waals surface area contributed by atoms with E-state index in [1.54, 1.807) is 18.2 Å². The molecule has 0 aliphatic carbocycles. The third kappa shape index (κ3) is 1.87. The molecule has 0 aliphatic heterocycles. The maximum absolute atomic E-state index is 13.7. The van der Waals surface area contributed by atoms with Crippen molar-refractivity contribution in [2.24, 2.45) is 0 Å². The monoisotopic (exact) mass is 278 g/mol. The molecule has 0 atom stereocenters. The van der Waals surface area contributed by atoms with Gasteiger partial charge in [0.05, 0.1) is 5.56 Å². The van der Waals surface area contributed by atoms with Crippen LogP contribution in [0.1, 0.15) is 4.88 Å². The second-order valence-electron chi connectivity index (χ2n) is 3.89. The van der Waals surface area contributed by atoms with Crippen LogP contribution in [0.2, 0.25) is 5.15 Å². The molecule has 90 valence electrons. The highest BCUT2D eigenvalue weighted by Gasteiger charge is 2.12. The van der Waals surface area contributed by atoms with E-state index in [4.69, 9.17) is 11.6 Å². The number of halogens is 2. The van der Waals surface area contributed by atoms with Gasteiger partial charge in [-0.3, -0.25) is 0 Å². The molecule has 3 rings (SSSR count). The number of benzene rings is 1. The lowest BCUT2D eigenvalue weighted by Crippen LogP contribution is -1.92. The molecule has 0 spiro atoms. The largest absolute Gasteiger partial charge is 0.217 e. The van der Waals surface area contributed by atoms with E-state index in [9.17, 15) is 4.39 Å². The maximum atomic E-state index is 13.7. The minimum absolute atomic E-state index is 0.326. The lowest BCUT2D eigenvalue weighted by Gasteiger charge is -2.02. The van der Waals surface area contributed by atoms with Gasteiger partial charge in [-0.05, 0) is 25.1 Å². The molecule has 0 amide bonds. The Morgan fingerprint density at radius 2 is 2.00 bits per heavy atom. The molecule has 2 nitrogen and oxygen atoms in total. The Hall–Kier alpha value is -1.52. The van der Waals surface area contributed by atoms with Gasteiger partial charge in [-0.1, -0.05) is 23.7 Å². The summed E-state index contributed by atoms with van der Waals surface area (Å²) in [5, 5.41) is 1.18. The molecule has 0 fully saturated rings. The molecule has 0 radical (unpaired) electrons. The molecule has 0 N–H and O–H groups in total. The summed E-state index contributed by atoms with van der Waals surface area (Å²) in [7, 11) is 0.